The number of nitrogens with zero attached hydrogens (tertiary/aromatic N) is 5. The third kappa shape index (κ3) is 3.88. The number of benzene rings is 2. The first-order valence-corrected chi connectivity index (χ1v) is 10.3. The lowest BCUT2D eigenvalue weighted by atomic mass is 10.1. The van der Waals surface area contributed by atoms with Crippen LogP contribution in [0, 0.1) is 11.7 Å². The Balaban J connectivity index is 1.49. The van der Waals surface area contributed by atoms with Crippen molar-refractivity contribution in [1.82, 2.24) is 19.2 Å². The second-order valence-corrected chi connectivity index (χ2v) is 7.67. The van der Waals surface area contributed by atoms with Crippen LogP contribution in [-0.2, 0) is 13.2 Å². The zero-order chi connectivity index (χ0) is 19.5. The molecule has 0 amide bonds. The molecule has 2 heterocycles. The Bertz CT molecular complexity index is 984. The van der Waals surface area contributed by atoms with Gasteiger partial charge in [0.25, 0.3) is 0 Å². The maximum Gasteiger partial charge on any atom is 0.199 e. The van der Waals surface area contributed by atoms with E-state index in [1.807, 2.05) is 4.68 Å². The van der Waals surface area contributed by atoms with Gasteiger partial charge in [0, 0.05) is 44.0 Å². The van der Waals surface area contributed by atoms with Crippen LogP contribution in [-0.4, -0.2) is 45.4 Å². The molecular formula is C22H27N5S. The van der Waals surface area contributed by atoms with Crippen LogP contribution in [0.3, 0.4) is 0 Å². The quantitative estimate of drug-likeness (QED) is 0.608. The van der Waals surface area contributed by atoms with Gasteiger partial charge in [-0.15, -0.1) is 0 Å². The molecule has 0 saturated carbocycles. The SMILES string of the molecule is CCn1c(-c2cccc(C)c2)nn(CN2CCN(c3ccccc3)CC2)c1=S. The minimum Gasteiger partial charge on any atom is -0.369 e. The third-order valence-corrected chi connectivity index (χ3v) is 5.77. The van der Waals surface area contributed by atoms with Crippen molar-refractivity contribution in [2.75, 3.05) is 31.1 Å². The second-order valence-electron chi connectivity index (χ2n) is 7.30. The highest BCUT2D eigenvalue weighted by molar-refractivity contribution is 7.71. The van der Waals surface area contributed by atoms with Crippen LogP contribution in [0.5, 0.6) is 0 Å². The first-order valence-electron chi connectivity index (χ1n) is 9.92. The van der Waals surface area contributed by atoms with E-state index in [9.17, 15) is 0 Å². The number of rotatable bonds is 5. The fraction of sp³-hybridized carbons (Fsp3) is 0.364. The Morgan fingerprint density at radius 2 is 1.71 bits per heavy atom. The van der Waals surface area contributed by atoms with Crippen molar-refractivity contribution in [3.63, 3.8) is 0 Å². The Kier molecular flexibility index (Phi) is 5.59. The van der Waals surface area contributed by atoms with Crippen molar-refractivity contribution in [1.29, 1.82) is 0 Å². The summed E-state index contributed by atoms with van der Waals surface area (Å²) in [5.74, 6) is 0.958. The van der Waals surface area contributed by atoms with E-state index in [-0.39, 0.29) is 0 Å². The largest absolute Gasteiger partial charge is 0.369 e. The van der Waals surface area contributed by atoms with Gasteiger partial charge in [-0.2, -0.15) is 5.10 Å². The smallest absolute Gasteiger partial charge is 0.199 e. The van der Waals surface area contributed by atoms with Gasteiger partial charge in [-0.3, -0.25) is 4.90 Å². The molecule has 146 valence electrons. The normalized spacial score (nSPS) is 15.1. The monoisotopic (exact) mass is 393 g/mol. The molecule has 1 saturated heterocycles. The highest BCUT2D eigenvalue weighted by Crippen LogP contribution is 2.20. The van der Waals surface area contributed by atoms with Crippen LogP contribution in [0.2, 0.25) is 0 Å². The van der Waals surface area contributed by atoms with E-state index in [4.69, 9.17) is 17.3 Å². The number of hydrogen-bond donors (Lipinski definition) is 0. The molecule has 1 aliphatic rings. The molecule has 1 aromatic heterocycles. The number of para-hydroxylation sites is 1. The molecule has 1 aliphatic heterocycles. The minimum absolute atomic E-state index is 0.743. The molecule has 3 aromatic rings. The molecular weight excluding hydrogens is 366 g/mol. The average Bonchev–Trinajstić information content (AvgIpc) is 3.04. The Hall–Kier alpha value is -2.44. The van der Waals surface area contributed by atoms with Gasteiger partial charge in [-0.1, -0.05) is 42.0 Å². The lowest BCUT2D eigenvalue weighted by Crippen LogP contribution is -2.47. The minimum atomic E-state index is 0.743. The van der Waals surface area contributed by atoms with E-state index in [2.05, 4.69) is 82.8 Å². The maximum atomic E-state index is 5.74. The number of aryl methyl sites for hydroxylation is 1. The Morgan fingerprint density at radius 3 is 2.39 bits per heavy atom. The molecule has 0 radical (unpaired) electrons. The number of aromatic nitrogens is 3. The molecule has 0 bridgehead atoms. The Morgan fingerprint density at radius 1 is 0.964 bits per heavy atom. The van der Waals surface area contributed by atoms with Crippen molar-refractivity contribution in [3.8, 4) is 11.4 Å². The van der Waals surface area contributed by atoms with Gasteiger partial charge in [-0.25, -0.2) is 4.68 Å². The van der Waals surface area contributed by atoms with E-state index >= 15 is 0 Å². The van der Waals surface area contributed by atoms with E-state index < -0.39 is 0 Å². The fourth-order valence-electron chi connectivity index (χ4n) is 3.79. The maximum absolute atomic E-state index is 5.74. The fourth-order valence-corrected chi connectivity index (χ4v) is 4.11. The number of anilines is 1. The summed E-state index contributed by atoms with van der Waals surface area (Å²) in [5, 5.41) is 4.88. The molecule has 28 heavy (non-hydrogen) atoms. The molecule has 0 atom stereocenters. The summed E-state index contributed by atoms with van der Waals surface area (Å²) in [4.78, 5) is 4.88. The van der Waals surface area contributed by atoms with E-state index in [0.29, 0.717) is 0 Å². The molecule has 0 aliphatic carbocycles. The average molecular weight is 394 g/mol. The standard InChI is InChI=1S/C22H27N5S/c1-3-26-21(19-9-7-8-18(2)16-19)23-27(22(26)28)17-24-12-14-25(15-13-24)20-10-5-4-6-11-20/h4-11,16H,3,12-15,17H2,1-2H3. The van der Waals surface area contributed by atoms with Crippen LogP contribution < -0.4 is 4.90 Å². The van der Waals surface area contributed by atoms with Gasteiger partial charge in [0.05, 0.1) is 6.67 Å². The predicted octanol–water partition coefficient (Wildman–Crippen LogP) is 4.19. The third-order valence-electron chi connectivity index (χ3n) is 5.34. The van der Waals surface area contributed by atoms with Crippen molar-refractivity contribution in [2.24, 2.45) is 0 Å². The molecule has 5 nitrogen and oxygen atoms in total. The van der Waals surface area contributed by atoms with Gasteiger partial charge in [0.1, 0.15) is 0 Å². The summed E-state index contributed by atoms with van der Waals surface area (Å²) < 4.78 is 4.91. The van der Waals surface area contributed by atoms with Crippen LogP contribution in [0.15, 0.2) is 54.6 Å². The molecule has 1 fully saturated rings. The summed E-state index contributed by atoms with van der Waals surface area (Å²) >= 11 is 5.74. The van der Waals surface area contributed by atoms with E-state index in [1.165, 1.54) is 11.3 Å². The Labute approximate surface area is 171 Å². The van der Waals surface area contributed by atoms with Crippen molar-refractivity contribution in [2.45, 2.75) is 27.1 Å². The zero-order valence-electron chi connectivity index (χ0n) is 16.6. The van der Waals surface area contributed by atoms with Gasteiger partial charge >= 0.3 is 0 Å². The van der Waals surface area contributed by atoms with Crippen molar-refractivity contribution >= 4 is 17.9 Å². The lowest BCUT2D eigenvalue weighted by Gasteiger charge is -2.35. The van der Waals surface area contributed by atoms with Crippen molar-refractivity contribution in [3.05, 3.63) is 64.9 Å². The molecule has 6 heteroatoms. The highest BCUT2D eigenvalue weighted by atomic mass is 32.1. The topological polar surface area (TPSA) is 29.2 Å². The summed E-state index contributed by atoms with van der Waals surface area (Å²) in [5.41, 5.74) is 3.66. The molecule has 2 aromatic carbocycles. The summed E-state index contributed by atoms with van der Waals surface area (Å²) in [6.45, 7) is 9.87. The van der Waals surface area contributed by atoms with Crippen LogP contribution >= 0.6 is 12.2 Å². The molecule has 0 spiro atoms. The van der Waals surface area contributed by atoms with Crippen LogP contribution in [0.1, 0.15) is 12.5 Å². The summed E-state index contributed by atoms with van der Waals surface area (Å²) in [6.07, 6.45) is 0. The molecule has 0 unspecified atom stereocenters. The molecule has 0 N–H and O–H groups in total. The van der Waals surface area contributed by atoms with E-state index in [1.54, 1.807) is 0 Å². The van der Waals surface area contributed by atoms with Crippen LogP contribution in [0.25, 0.3) is 11.4 Å². The first kappa shape index (κ1) is 18.9. The predicted molar refractivity (Wildman–Crippen MR) is 117 cm³/mol. The first-order chi connectivity index (χ1) is 13.7. The lowest BCUT2D eigenvalue weighted by molar-refractivity contribution is 0.194. The van der Waals surface area contributed by atoms with Gasteiger partial charge < -0.3 is 9.47 Å². The highest BCUT2D eigenvalue weighted by Gasteiger charge is 2.19. The summed E-state index contributed by atoms with van der Waals surface area (Å²) in [7, 11) is 0. The van der Waals surface area contributed by atoms with Crippen molar-refractivity contribution < 1.29 is 0 Å². The van der Waals surface area contributed by atoms with Gasteiger partial charge in [-0.05, 0) is 44.3 Å². The summed E-state index contributed by atoms with van der Waals surface area (Å²) in [6, 6.07) is 19.1. The van der Waals surface area contributed by atoms with Gasteiger partial charge in [0.15, 0.2) is 10.6 Å². The molecule has 4 rings (SSSR count). The zero-order valence-corrected chi connectivity index (χ0v) is 17.4. The number of piperazine rings is 1. The van der Waals surface area contributed by atoms with Crippen LogP contribution in [0.4, 0.5) is 5.69 Å². The van der Waals surface area contributed by atoms with E-state index in [0.717, 1.165) is 55.6 Å². The number of hydrogen-bond acceptors (Lipinski definition) is 4. The second kappa shape index (κ2) is 8.29. The van der Waals surface area contributed by atoms with Gasteiger partial charge in [0.2, 0.25) is 0 Å².